The van der Waals surface area contributed by atoms with Crippen molar-refractivity contribution in [2.24, 2.45) is 5.92 Å². The monoisotopic (exact) mass is 280 g/mol. The zero-order valence-electron chi connectivity index (χ0n) is 11.9. The van der Waals surface area contributed by atoms with Gasteiger partial charge in [0.1, 0.15) is 12.6 Å². The number of hydrogen-bond acceptors (Lipinski definition) is 4. The van der Waals surface area contributed by atoms with Crippen molar-refractivity contribution < 1.29 is 19.4 Å². The van der Waals surface area contributed by atoms with E-state index < -0.39 is 18.1 Å². The third-order valence-corrected chi connectivity index (χ3v) is 2.82. The van der Waals surface area contributed by atoms with Crippen molar-refractivity contribution in [3.8, 4) is 0 Å². The minimum atomic E-state index is -1.03. The number of carbonyl (C=O) groups excluding carboxylic acids is 1. The van der Waals surface area contributed by atoms with Gasteiger partial charge in [0, 0.05) is 25.0 Å². The summed E-state index contributed by atoms with van der Waals surface area (Å²) in [6.07, 6.45) is 2.95. The Morgan fingerprint density at radius 1 is 1.45 bits per heavy atom. The van der Waals surface area contributed by atoms with Crippen LogP contribution in [0.5, 0.6) is 0 Å². The van der Waals surface area contributed by atoms with E-state index in [1.165, 1.54) is 7.05 Å². The Balaban J connectivity index is 2.58. The second-order valence-electron chi connectivity index (χ2n) is 5.01. The van der Waals surface area contributed by atoms with E-state index in [0.717, 1.165) is 10.5 Å². The predicted molar refractivity (Wildman–Crippen MR) is 73.1 cm³/mol. The van der Waals surface area contributed by atoms with Crippen LogP contribution < -0.4 is 0 Å². The van der Waals surface area contributed by atoms with Crippen molar-refractivity contribution in [3.63, 3.8) is 0 Å². The molecule has 0 saturated heterocycles. The zero-order valence-corrected chi connectivity index (χ0v) is 11.9. The van der Waals surface area contributed by atoms with Gasteiger partial charge in [-0.25, -0.2) is 9.59 Å². The average Bonchev–Trinajstić information content (AvgIpc) is 2.42. The lowest BCUT2D eigenvalue weighted by molar-refractivity contribution is -0.142. The van der Waals surface area contributed by atoms with Crippen LogP contribution in [0.3, 0.4) is 0 Å². The van der Waals surface area contributed by atoms with Crippen LogP contribution in [0, 0.1) is 5.92 Å². The fourth-order valence-corrected chi connectivity index (χ4v) is 1.73. The molecule has 0 aliphatic heterocycles. The Bertz CT molecular complexity index is 448. The Labute approximate surface area is 118 Å². The summed E-state index contributed by atoms with van der Waals surface area (Å²) >= 11 is 0. The van der Waals surface area contributed by atoms with E-state index in [0.29, 0.717) is 6.42 Å². The third kappa shape index (κ3) is 4.87. The minimum absolute atomic E-state index is 0.0744. The van der Waals surface area contributed by atoms with Crippen LogP contribution in [0.1, 0.15) is 25.8 Å². The third-order valence-electron chi connectivity index (χ3n) is 2.82. The lowest BCUT2D eigenvalue weighted by Gasteiger charge is -2.25. The van der Waals surface area contributed by atoms with Gasteiger partial charge in [-0.1, -0.05) is 19.9 Å². The fraction of sp³-hybridized carbons (Fsp3) is 0.500. The van der Waals surface area contributed by atoms with Crippen molar-refractivity contribution >= 4 is 12.1 Å². The number of hydrogen-bond donors (Lipinski definition) is 1. The number of aromatic nitrogens is 1. The van der Waals surface area contributed by atoms with Crippen LogP contribution >= 0.6 is 0 Å². The topological polar surface area (TPSA) is 79.7 Å². The summed E-state index contributed by atoms with van der Waals surface area (Å²) in [6, 6.07) is 2.64. The SMILES string of the molecule is CC(C)CC(C(=O)O)N(C)C(=O)OCc1cccnc1. The van der Waals surface area contributed by atoms with Gasteiger partial charge in [0.15, 0.2) is 0 Å². The van der Waals surface area contributed by atoms with Crippen LogP contribution in [0.25, 0.3) is 0 Å². The van der Waals surface area contributed by atoms with E-state index in [1.54, 1.807) is 24.5 Å². The van der Waals surface area contributed by atoms with Crippen LogP contribution in [-0.4, -0.2) is 40.1 Å². The van der Waals surface area contributed by atoms with Gasteiger partial charge < -0.3 is 9.84 Å². The summed E-state index contributed by atoms with van der Waals surface area (Å²) in [4.78, 5) is 28.1. The summed E-state index contributed by atoms with van der Waals surface area (Å²) < 4.78 is 5.09. The van der Waals surface area contributed by atoms with Gasteiger partial charge in [-0.15, -0.1) is 0 Å². The number of rotatable bonds is 6. The molecule has 1 aromatic rings. The molecule has 1 rings (SSSR count). The van der Waals surface area contributed by atoms with Crippen molar-refractivity contribution in [2.45, 2.75) is 32.9 Å². The molecule has 0 radical (unpaired) electrons. The largest absolute Gasteiger partial charge is 0.480 e. The van der Waals surface area contributed by atoms with E-state index in [1.807, 2.05) is 13.8 Å². The number of amides is 1. The van der Waals surface area contributed by atoms with Gasteiger partial charge in [-0.05, 0) is 18.4 Å². The molecule has 0 aliphatic rings. The van der Waals surface area contributed by atoms with Crippen molar-refractivity contribution in [1.82, 2.24) is 9.88 Å². The summed E-state index contributed by atoms with van der Waals surface area (Å²) in [5.41, 5.74) is 0.755. The highest BCUT2D eigenvalue weighted by atomic mass is 16.6. The van der Waals surface area contributed by atoms with E-state index >= 15 is 0 Å². The molecule has 1 heterocycles. The summed E-state index contributed by atoms with van der Waals surface area (Å²) in [7, 11) is 1.44. The maximum Gasteiger partial charge on any atom is 0.410 e. The van der Waals surface area contributed by atoms with Crippen LogP contribution in [0.2, 0.25) is 0 Å². The molecule has 0 aromatic carbocycles. The molecule has 0 aliphatic carbocycles. The Hall–Kier alpha value is -2.11. The molecule has 0 bridgehead atoms. The maximum absolute atomic E-state index is 11.9. The maximum atomic E-state index is 11.9. The zero-order chi connectivity index (χ0) is 15.1. The number of aliphatic carboxylic acids is 1. The fourth-order valence-electron chi connectivity index (χ4n) is 1.73. The standard InChI is InChI=1S/C14H20N2O4/c1-10(2)7-12(13(17)18)16(3)14(19)20-9-11-5-4-6-15-8-11/h4-6,8,10,12H,7,9H2,1-3H3,(H,17,18). The minimum Gasteiger partial charge on any atom is -0.480 e. The number of ether oxygens (including phenoxy) is 1. The summed E-state index contributed by atoms with van der Waals surface area (Å²) in [5, 5.41) is 9.17. The number of pyridine rings is 1. The van der Waals surface area contributed by atoms with Gasteiger partial charge in [-0.2, -0.15) is 0 Å². The smallest absolute Gasteiger partial charge is 0.410 e. The van der Waals surface area contributed by atoms with Gasteiger partial charge in [0.25, 0.3) is 0 Å². The molecule has 1 atom stereocenters. The quantitative estimate of drug-likeness (QED) is 0.863. The summed E-state index contributed by atoms with van der Waals surface area (Å²) in [5.74, 6) is -0.857. The molecule has 1 aromatic heterocycles. The molecule has 110 valence electrons. The molecule has 6 nitrogen and oxygen atoms in total. The molecule has 1 amide bonds. The molecule has 1 unspecified atom stereocenters. The van der Waals surface area contributed by atoms with E-state index in [9.17, 15) is 9.59 Å². The van der Waals surface area contributed by atoms with Crippen molar-refractivity contribution in [3.05, 3.63) is 30.1 Å². The van der Waals surface area contributed by atoms with Gasteiger partial charge in [-0.3, -0.25) is 9.88 Å². The molecule has 0 fully saturated rings. The van der Waals surface area contributed by atoms with Gasteiger partial charge in [0.05, 0.1) is 0 Å². The molecule has 1 N–H and O–H groups in total. The highest BCUT2D eigenvalue weighted by Crippen LogP contribution is 2.12. The predicted octanol–water partition coefficient (Wildman–Crippen LogP) is 2.15. The number of carboxylic acids is 1. The summed E-state index contributed by atoms with van der Waals surface area (Å²) in [6.45, 7) is 3.89. The molecule has 20 heavy (non-hydrogen) atoms. The highest BCUT2D eigenvalue weighted by Gasteiger charge is 2.28. The number of nitrogens with zero attached hydrogens (tertiary/aromatic N) is 2. The molecule has 0 saturated carbocycles. The first-order valence-corrected chi connectivity index (χ1v) is 6.43. The second kappa shape index (κ2) is 7.47. The van der Waals surface area contributed by atoms with Crippen LogP contribution in [0.4, 0.5) is 4.79 Å². The first-order chi connectivity index (χ1) is 9.41. The Morgan fingerprint density at radius 3 is 2.65 bits per heavy atom. The lowest BCUT2D eigenvalue weighted by atomic mass is 10.0. The van der Waals surface area contributed by atoms with Crippen molar-refractivity contribution in [1.29, 1.82) is 0 Å². The first kappa shape index (κ1) is 15.9. The molecule has 6 heteroatoms. The second-order valence-corrected chi connectivity index (χ2v) is 5.01. The van der Waals surface area contributed by atoms with Crippen LogP contribution in [0.15, 0.2) is 24.5 Å². The van der Waals surface area contributed by atoms with Crippen molar-refractivity contribution in [2.75, 3.05) is 7.05 Å². The average molecular weight is 280 g/mol. The molecular formula is C14H20N2O4. The van der Waals surface area contributed by atoms with Crippen LogP contribution in [-0.2, 0) is 16.1 Å². The molecule has 0 spiro atoms. The first-order valence-electron chi connectivity index (χ1n) is 6.43. The number of carboxylic acid groups (broad SMARTS) is 1. The number of carbonyl (C=O) groups is 2. The molecular weight excluding hydrogens is 260 g/mol. The normalized spacial score (nSPS) is 12.0. The Kier molecular flexibility index (Phi) is 5.96. The van der Waals surface area contributed by atoms with E-state index in [2.05, 4.69) is 4.98 Å². The Morgan fingerprint density at radius 2 is 2.15 bits per heavy atom. The van der Waals surface area contributed by atoms with Gasteiger partial charge in [0.2, 0.25) is 0 Å². The number of likely N-dealkylation sites (N-methyl/N-ethyl adjacent to an activating group) is 1. The van der Waals surface area contributed by atoms with Gasteiger partial charge >= 0.3 is 12.1 Å². The highest BCUT2D eigenvalue weighted by molar-refractivity contribution is 5.79. The van der Waals surface area contributed by atoms with E-state index in [-0.39, 0.29) is 12.5 Å². The lowest BCUT2D eigenvalue weighted by Crippen LogP contribution is -2.43. The van der Waals surface area contributed by atoms with E-state index in [4.69, 9.17) is 9.84 Å².